The van der Waals surface area contributed by atoms with Gasteiger partial charge in [-0.15, -0.1) is 24.0 Å². The van der Waals surface area contributed by atoms with Gasteiger partial charge in [0.05, 0.1) is 12.6 Å². The van der Waals surface area contributed by atoms with Crippen LogP contribution >= 0.6 is 24.0 Å². The van der Waals surface area contributed by atoms with Crippen LogP contribution in [0.25, 0.3) is 0 Å². The van der Waals surface area contributed by atoms with Crippen LogP contribution in [0.1, 0.15) is 37.0 Å². The van der Waals surface area contributed by atoms with Gasteiger partial charge in [-0.3, -0.25) is 0 Å². The van der Waals surface area contributed by atoms with Crippen molar-refractivity contribution in [1.82, 2.24) is 15.5 Å². The number of furan rings is 1. The van der Waals surface area contributed by atoms with Gasteiger partial charge in [-0.05, 0) is 64.7 Å². The molecule has 162 valence electrons. The summed E-state index contributed by atoms with van der Waals surface area (Å²) in [7, 11) is 3.95. The van der Waals surface area contributed by atoms with Gasteiger partial charge in [-0.1, -0.05) is 12.1 Å². The SMILES string of the molecule is CCNC(=NCC(C)(O)c1ccc(C)o1)NCC(c1ccc(F)cc1)N(C)C.I. The number of likely N-dealkylation sites (N-methyl/N-ethyl adjacent to an activating group) is 1. The summed E-state index contributed by atoms with van der Waals surface area (Å²) in [5.41, 5.74) is -0.193. The van der Waals surface area contributed by atoms with Gasteiger partial charge in [-0.25, -0.2) is 9.38 Å². The summed E-state index contributed by atoms with van der Waals surface area (Å²) in [5, 5.41) is 17.2. The predicted octanol–water partition coefficient (Wildman–Crippen LogP) is 3.41. The molecular weight excluding hydrogens is 486 g/mol. The number of nitrogens with zero attached hydrogens (tertiary/aromatic N) is 2. The average Bonchev–Trinajstić information content (AvgIpc) is 3.08. The molecular formula is C21H32FIN4O2. The number of hydrogen-bond acceptors (Lipinski definition) is 4. The maximum absolute atomic E-state index is 13.2. The molecule has 0 aliphatic rings. The number of halogens is 2. The molecule has 0 aliphatic carbocycles. The van der Waals surface area contributed by atoms with Crippen molar-refractivity contribution in [3.8, 4) is 0 Å². The van der Waals surface area contributed by atoms with Crippen LogP contribution < -0.4 is 10.6 Å². The van der Waals surface area contributed by atoms with Crippen molar-refractivity contribution < 1.29 is 13.9 Å². The Morgan fingerprint density at radius 1 is 1.21 bits per heavy atom. The van der Waals surface area contributed by atoms with Crippen molar-refractivity contribution in [3.05, 3.63) is 59.3 Å². The lowest BCUT2D eigenvalue weighted by Crippen LogP contribution is -2.42. The second-order valence-electron chi connectivity index (χ2n) is 7.29. The molecule has 1 aromatic heterocycles. The maximum Gasteiger partial charge on any atom is 0.191 e. The van der Waals surface area contributed by atoms with Crippen LogP contribution in [0, 0.1) is 12.7 Å². The summed E-state index contributed by atoms with van der Waals surface area (Å²) >= 11 is 0. The molecule has 6 nitrogen and oxygen atoms in total. The largest absolute Gasteiger partial charge is 0.463 e. The Hall–Kier alpha value is -1.65. The van der Waals surface area contributed by atoms with Crippen LogP contribution in [-0.2, 0) is 5.60 Å². The predicted molar refractivity (Wildman–Crippen MR) is 125 cm³/mol. The van der Waals surface area contributed by atoms with Crippen LogP contribution in [0.2, 0.25) is 0 Å². The van der Waals surface area contributed by atoms with Gasteiger partial charge in [0.15, 0.2) is 5.96 Å². The summed E-state index contributed by atoms with van der Waals surface area (Å²) in [5.74, 6) is 1.58. The molecule has 0 fully saturated rings. The van der Waals surface area contributed by atoms with Gasteiger partial charge < -0.3 is 25.1 Å². The number of nitrogens with one attached hydrogen (secondary N) is 2. The zero-order valence-electron chi connectivity index (χ0n) is 17.7. The smallest absolute Gasteiger partial charge is 0.191 e. The summed E-state index contributed by atoms with van der Waals surface area (Å²) in [6.45, 7) is 6.92. The van der Waals surface area contributed by atoms with Gasteiger partial charge in [-0.2, -0.15) is 0 Å². The Kier molecular flexibility index (Phi) is 10.1. The van der Waals surface area contributed by atoms with Gasteiger partial charge in [0.25, 0.3) is 0 Å². The lowest BCUT2D eigenvalue weighted by Gasteiger charge is -2.26. The minimum absolute atomic E-state index is 0. The summed E-state index contributed by atoms with van der Waals surface area (Å²) < 4.78 is 18.8. The molecule has 0 aliphatic heterocycles. The van der Waals surface area contributed by atoms with E-state index in [0.29, 0.717) is 24.8 Å². The van der Waals surface area contributed by atoms with E-state index in [-0.39, 0.29) is 42.4 Å². The number of aryl methyl sites for hydroxylation is 1. The zero-order valence-corrected chi connectivity index (χ0v) is 20.0. The number of guanidine groups is 1. The van der Waals surface area contributed by atoms with Crippen molar-refractivity contribution in [2.24, 2.45) is 4.99 Å². The Morgan fingerprint density at radius 2 is 1.86 bits per heavy atom. The van der Waals surface area contributed by atoms with E-state index in [0.717, 1.165) is 11.3 Å². The van der Waals surface area contributed by atoms with Crippen LogP contribution in [0.4, 0.5) is 4.39 Å². The maximum atomic E-state index is 13.2. The van der Waals surface area contributed by atoms with Crippen molar-refractivity contribution in [3.63, 3.8) is 0 Å². The molecule has 0 amide bonds. The fraction of sp³-hybridized carbons (Fsp3) is 0.476. The Morgan fingerprint density at radius 3 is 2.38 bits per heavy atom. The average molecular weight is 518 g/mol. The van der Waals surface area contributed by atoms with Gasteiger partial charge in [0.2, 0.25) is 0 Å². The number of aliphatic hydroxyl groups is 1. The first-order valence-electron chi connectivity index (χ1n) is 9.46. The van der Waals surface area contributed by atoms with E-state index in [1.54, 1.807) is 25.1 Å². The monoisotopic (exact) mass is 518 g/mol. The Bertz CT molecular complexity index is 775. The molecule has 0 bridgehead atoms. The lowest BCUT2D eigenvalue weighted by molar-refractivity contribution is 0.0428. The second kappa shape index (κ2) is 11.5. The Labute approximate surface area is 189 Å². The van der Waals surface area contributed by atoms with Gasteiger partial charge >= 0.3 is 0 Å². The third-order valence-corrected chi connectivity index (χ3v) is 4.50. The minimum atomic E-state index is -1.20. The molecule has 8 heteroatoms. The molecule has 2 rings (SSSR count). The first-order valence-corrected chi connectivity index (χ1v) is 9.46. The molecule has 1 heterocycles. The molecule has 3 N–H and O–H groups in total. The van der Waals surface area contributed by atoms with Crippen LogP contribution in [-0.4, -0.2) is 49.7 Å². The van der Waals surface area contributed by atoms with E-state index in [2.05, 4.69) is 20.5 Å². The number of hydrogen-bond donors (Lipinski definition) is 3. The molecule has 0 spiro atoms. The number of aliphatic imine (C=N–C) groups is 1. The van der Waals surface area contributed by atoms with Crippen molar-refractivity contribution in [2.45, 2.75) is 32.4 Å². The molecule has 29 heavy (non-hydrogen) atoms. The first-order chi connectivity index (χ1) is 13.2. The summed E-state index contributed by atoms with van der Waals surface area (Å²) in [6.07, 6.45) is 0. The van der Waals surface area contributed by atoms with Crippen LogP contribution in [0.3, 0.4) is 0 Å². The lowest BCUT2D eigenvalue weighted by atomic mass is 10.0. The highest BCUT2D eigenvalue weighted by Gasteiger charge is 2.27. The van der Waals surface area contributed by atoms with Crippen LogP contribution in [0.5, 0.6) is 0 Å². The van der Waals surface area contributed by atoms with Crippen molar-refractivity contribution >= 4 is 29.9 Å². The number of benzene rings is 1. The van der Waals surface area contributed by atoms with Gasteiger partial charge in [0, 0.05) is 13.1 Å². The summed E-state index contributed by atoms with van der Waals surface area (Å²) in [6, 6.07) is 10.1. The molecule has 2 unspecified atom stereocenters. The summed E-state index contributed by atoms with van der Waals surface area (Å²) in [4.78, 5) is 6.58. The molecule has 1 aromatic carbocycles. The normalized spacial score (nSPS) is 14.8. The molecule has 2 aromatic rings. The van der Waals surface area contributed by atoms with Crippen molar-refractivity contribution in [1.29, 1.82) is 0 Å². The third-order valence-electron chi connectivity index (χ3n) is 4.50. The fourth-order valence-corrected chi connectivity index (χ4v) is 2.85. The Balaban J connectivity index is 0.00000420. The highest BCUT2D eigenvalue weighted by Crippen LogP contribution is 2.23. The minimum Gasteiger partial charge on any atom is -0.463 e. The standard InChI is InChI=1S/C21H31FN4O2.HI/c1-6-23-20(25-14-21(3,27)19-12-7-15(2)28-19)24-13-18(26(4)5)16-8-10-17(22)11-9-16;/h7-12,18,27H,6,13-14H2,1-5H3,(H2,23,24,25);1H. The molecule has 0 radical (unpaired) electrons. The molecule has 0 saturated carbocycles. The van der Waals surface area contributed by atoms with E-state index in [1.807, 2.05) is 34.0 Å². The van der Waals surface area contributed by atoms with E-state index in [1.165, 1.54) is 12.1 Å². The van der Waals surface area contributed by atoms with E-state index < -0.39 is 5.60 Å². The highest BCUT2D eigenvalue weighted by molar-refractivity contribution is 14.0. The highest BCUT2D eigenvalue weighted by atomic mass is 127. The third kappa shape index (κ3) is 7.60. The van der Waals surface area contributed by atoms with E-state index in [9.17, 15) is 9.50 Å². The van der Waals surface area contributed by atoms with Crippen LogP contribution in [0.15, 0.2) is 45.8 Å². The zero-order chi connectivity index (χ0) is 20.7. The van der Waals surface area contributed by atoms with Crippen molar-refractivity contribution in [2.75, 3.05) is 33.7 Å². The van der Waals surface area contributed by atoms with E-state index in [4.69, 9.17) is 4.42 Å². The molecule has 0 saturated heterocycles. The first kappa shape index (κ1) is 25.4. The molecule has 2 atom stereocenters. The fourth-order valence-electron chi connectivity index (χ4n) is 2.85. The number of rotatable bonds is 8. The van der Waals surface area contributed by atoms with Gasteiger partial charge in [0.1, 0.15) is 22.9 Å². The topological polar surface area (TPSA) is 73.0 Å². The van der Waals surface area contributed by atoms with E-state index >= 15 is 0 Å². The quantitative estimate of drug-likeness (QED) is 0.284. The second-order valence-corrected chi connectivity index (χ2v) is 7.29.